The van der Waals surface area contributed by atoms with Crippen LogP contribution in [-0.2, 0) is 11.2 Å². The number of rotatable bonds is 7. The van der Waals surface area contributed by atoms with Gasteiger partial charge in [0.25, 0.3) is 5.91 Å². The van der Waals surface area contributed by atoms with Crippen molar-refractivity contribution < 1.29 is 14.7 Å². The van der Waals surface area contributed by atoms with E-state index < -0.39 is 0 Å². The maximum Gasteiger partial charge on any atom is 0.251 e. The first-order valence-electron chi connectivity index (χ1n) is 7.62. The second-order valence-electron chi connectivity index (χ2n) is 5.23. The molecule has 0 saturated heterocycles. The fourth-order valence-electron chi connectivity index (χ4n) is 2.11. The number of nitrogens with one attached hydrogen (secondary N) is 2. The van der Waals surface area contributed by atoms with Gasteiger partial charge in [0.15, 0.2) is 0 Å². The summed E-state index contributed by atoms with van der Waals surface area (Å²) in [6, 6.07) is 13.8. The van der Waals surface area contributed by atoms with Gasteiger partial charge in [-0.25, -0.2) is 0 Å². The largest absolute Gasteiger partial charge is 0.396 e. The number of aliphatic hydroxyl groups is 1. The molecule has 0 unspecified atom stereocenters. The van der Waals surface area contributed by atoms with Gasteiger partial charge < -0.3 is 15.7 Å². The molecule has 0 radical (unpaired) electrons. The first-order valence-corrected chi connectivity index (χ1v) is 8.00. The Morgan fingerprint density at radius 3 is 2.42 bits per heavy atom. The Bertz CT molecular complexity index is 702. The van der Waals surface area contributed by atoms with Gasteiger partial charge in [-0.15, -0.1) is 0 Å². The van der Waals surface area contributed by atoms with Gasteiger partial charge in [-0.1, -0.05) is 29.8 Å². The third-order valence-electron chi connectivity index (χ3n) is 3.36. The van der Waals surface area contributed by atoms with E-state index >= 15 is 0 Å². The lowest BCUT2D eigenvalue weighted by molar-refractivity contribution is -0.115. The van der Waals surface area contributed by atoms with E-state index in [0.29, 0.717) is 29.2 Å². The Kier molecular flexibility index (Phi) is 6.78. The van der Waals surface area contributed by atoms with Gasteiger partial charge in [-0.05, 0) is 42.3 Å². The van der Waals surface area contributed by atoms with E-state index in [4.69, 9.17) is 16.7 Å². The number of carbonyl (C=O) groups is 2. The van der Waals surface area contributed by atoms with Gasteiger partial charge >= 0.3 is 0 Å². The van der Waals surface area contributed by atoms with Crippen molar-refractivity contribution >= 4 is 29.1 Å². The van der Waals surface area contributed by atoms with Gasteiger partial charge in [0.2, 0.25) is 5.91 Å². The fourth-order valence-corrected chi connectivity index (χ4v) is 2.31. The maximum absolute atomic E-state index is 12.1. The second kappa shape index (κ2) is 9.05. The molecule has 2 aromatic carbocycles. The first kappa shape index (κ1) is 18.0. The van der Waals surface area contributed by atoms with Gasteiger partial charge in [-0.3, -0.25) is 9.59 Å². The highest BCUT2D eigenvalue weighted by molar-refractivity contribution is 6.31. The minimum atomic E-state index is -0.211. The van der Waals surface area contributed by atoms with Crippen LogP contribution < -0.4 is 10.6 Å². The average molecular weight is 347 g/mol. The molecule has 0 aromatic heterocycles. The maximum atomic E-state index is 12.1. The fraction of sp³-hybridized carbons (Fsp3) is 0.222. The molecule has 2 aromatic rings. The summed E-state index contributed by atoms with van der Waals surface area (Å²) in [6.45, 7) is 0.461. The van der Waals surface area contributed by atoms with E-state index in [0.717, 1.165) is 5.56 Å². The summed E-state index contributed by atoms with van der Waals surface area (Å²) in [7, 11) is 0. The molecule has 0 spiro atoms. The predicted molar refractivity (Wildman–Crippen MR) is 94.3 cm³/mol. The molecule has 0 saturated carbocycles. The number of anilines is 1. The SMILES string of the molecule is O=C(Cc1ccccc1Cl)Nc1ccc(C(=O)NCCCO)cc1. The van der Waals surface area contributed by atoms with Crippen molar-refractivity contribution in [3.8, 4) is 0 Å². The summed E-state index contributed by atoms with van der Waals surface area (Å²) in [5.74, 6) is -0.388. The van der Waals surface area contributed by atoms with Crippen LogP contribution in [0, 0.1) is 0 Å². The standard InChI is InChI=1S/C18H19ClN2O3/c19-16-5-2-1-4-14(16)12-17(23)21-15-8-6-13(7-9-15)18(24)20-10-3-11-22/h1-2,4-9,22H,3,10-12H2,(H,20,24)(H,21,23). The third kappa shape index (κ3) is 5.37. The van der Waals surface area contributed by atoms with Crippen molar-refractivity contribution in [2.45, 2.75) is 12.8 Å². The molecular formula is C18H19ClN2O3. The average Bonchev–Trinajstić information content (AvgIpc) is 2.58. The van der Waals surface area contributed by atoms with Crippen LogP contribution in [0.4, 0.5) is 5.69 Å². The van der Waals surface area contributed by atoms with Gasteiger partial charge in [0.1, 0.15) is 0 Å². The monoisotopic (exact) mass is 346 g/mol. The van der Waals surface area contributed by atoms with Crippen LogP contribution in [0.1, 0.15) is 22.3 Å². The molecular weight excluding hydrogens is 328 g/mol. The summed E-state index contributed by atoms with van der Waals surface area (Å²) in [5.41, 5.74) is 1.87. The molecule has 0 heterocycles. The normalized spacial score (nSPS) is 10.2. The Morgan fingerprint density at radius 1 is 1.04 bits per heavy atom. The van der Waals surface area contributed by atoms with Crippen LogP contribution in [0.5, 0.6) is 0 Å². The van der Waals surface area contributed by atoms with Crippen molar-refractivity contribution in [3.05, 3.63) is 64.7 Å². The molecule has 0 fully saturated rings. The molecule has 2 rings (SSSR count). The summed E-state index contributed by atoms with van der Waals surface area (Å²) in [5, 5.41) is 14.7. The molecule has 6 heteroatoms. The molecule has 0 atom stereocenters. The van der Waals surface area contributed by atoms with E-state index in [1.807, 2.05) is 18.2 Å². The molecule has 0 aliphatic carbocycles. The second-order valence-corrected chi connectivity index (χ2v) is 5.63. The number of carbonyl (C=O) groups excluding carboxylic acids is 2. The lowest BCUT2D eigenvalue weighted by atomic mass is 10.1. The molecule has 3 N–H and O–H groups in total. The van der Waals surface area contributed by atoms with Crippen LogP contribution in [-0.4, -0.2) is 30.1 Å². The highest BCUT2D eigenvalue weighted by Crippen LogP contribution is 2.16. The van der Waals surface area contributed by atoms with Gasteiger partial charge in [0, 0.05) is 29.4 Å². The summed E-state index contributed by atoms with van der Waals surface area (Å²) >= 11 is 6.04. The van der Waals surface area contributed by atoms with Crippen LogP contribution in [0.3, 0.4) is 0 Å². The van der Waals surface area contributed by atoms with E-state index in [2.05, 4.69) is 10.6 Å². The highest BCUT2D eigenvalue weighted by Gasteiger charge is 2.08. The lowest BCUT2D eigenvalue weighted by Crippen LogP contribution is -2.25. The Labute approximate surface area is 145 Å². The summed E-state index contributed by atoms with van der Waals surface area (Å²) < 4.78 is 0. The van der Waals surface area contributed by atoms with Crippen LogP contribution in [0.2, 0.25) is 5.02 Å². The minimum Gasteiger partial charge on any atom is -0.396 e. The number of benzene rings is 2. The number of halogens is 1. The molecule has 5 nitrogen and oxygen atoms in total. The van der Waals surface area contributed by atoms with Crippen molar-refractivity contribution in [3.63, 3.8) is 0 Å². The molecule has 24 heavy (non-hydrogen) atoms. The molecule has 0 aliphatic heterocycles. The van der Waals surface area contributed by atoms with Crippen molar-refractivity contribution in [1.29, 1.82) is 0 Å². The van der Waals surface area contributed by atoms with Gasteiger partial charge in [0.05, 0.1) is 6.42 Å². The quantitative estimate of drug-likeness (QED) is 0.674. The number of aliphatic hydroxyl groups excluding tert-OH is 1. The van der Waals surface area contributed by atoms with Gasteiger partial charge in [-0.2, -0.15) is 0 Å². The zero-order valence-electron chi connectivity index (χ0n) is 13.1. The molecule has 0 aliphatic rings. The van der Waals surface area contributed by atoms with Crippen molar-refractivity contribution in [2.24, 2.45) is 0 Å². The smallest absolute Gasteiger partial charge is 0.251 e. The predicted octanol–water partition coefficient (Wildman–Crippen LogP) is 2.63. The number of amides is 2. The topological polar surface area (TPSA) is 78.4 Å². The van der Waals surface area contributed by atoms with Crippen molar-refractivity contribution in [1.82, 2.24) is 5.32 Å². The lowest BCUT2D eigenvalue weighted by Gasteiger charge is -2.08. The van der Waals surface area contributed by atoms with E-state index in [-0.39, 0.29) is 24.8 Å². The Balaban J connectivity index is 1.90. The Morgan fingerprint density at radius 2 is 1.75 bits per heavy atom. The Hall–Kier alpha value is -2.37. The van der Waals surface area contributed by atoms with Crippen LogP contribution in [0.25, 0.3) is 0 Å². The summed E-state index contributed by atoms with van der Waals surface area (Å²) in [4.78, 5) is 23.9. The minimum absolute atomic E-state index is 0.0384. The van der Waals surface area contributed by atoms with E-state index in [9.17, 15) is 9.59 Å². The van der Waals surface area contributed by atoms with Crippen LogP contribution in [0.15, 0.2) is 48.5 Å². The molecule has 2 amide bonds. The number of hydrogen-bond acceptors (Lipinski definition) is 3. The molecule has 0 bridgehead atoms. The third-order valence-corrected chi connectivity index (χ3v) is 3.73. The first-order chi connectivity index (χ1) is 11.6. The van der Waals surface area contributed by atoms with E-state index in [1.54, 1.807) is 30.3 Å². The highest BCUT2D eigenvalue weighted by atomic mass is 35.5. The zero-order valence-corrected chi connectivity index (χ0v) is 13.8. The van der Waals surface area contributed by atoms with Crippen molar-refractivity contribution in [2.75, 3.05) is 18.5 Å². The zero-order chi connectivity index (χ0) is 17.4. The summed E-state index contributed by atoms with van der Waals surface area (Å²) in [6.07, 6.45) is 0.699. The number of hydrogen-bond donors (Lipinski definition) is 3. The van der Waals surface area contributed by atoms with Crippen LogP contribution >= 0.6 is 11.6 Å². The molecule has 126 valence electrons. The van der Waals surface area contributed by atoms with E-state index in [1.165, 1.54) is 0 Å².